The van der Waals surface area contributed by atoms with Gasteiger partial charge in [-0.15, -0.1) is 0 Å². The van der Waals surface area contributed by atoms with E-state index in [0.29, 0.717) is 24.4 Å². The monoisotopic (exact) mass is 330 g/mol. The molecule has 22 heavy (non-hydrogen) atoms. The first-order chi connectivity index (χ1) is 10.3. The van der Waals surface area contributed by atoms with Gasteiger partial charge in [0.1, 0.15) is 12.1 Å². The zero-order chi connectivity index (χ0) is 16.7. The number of β-amino-alcohol motifs (C(OH)–C–C–N with tert-alkyl or cyclic N) is 1. The van der Waals surface area contributed by atoms with E-state index in [-0.39, 0.29) is 0 Å². The number of carboxylic acid groups (broad SMARTS) is 2. The molecule has 8 heteroatoms. The summed E-state index contributed by atoms with van der Waals surface area (Å²) in [6, 6.07) is 5.58. The minimum atomic E-state index is -0.991. The lowest BCUT2D eigenvalue weighted by Crippen LogP contribution is -2.32. The SMILES string of the molecule is N[C@@H](Cc1ccc(Cl)cc1)C(=O)O.O=C(O)[C@@H]1C[C@@H](O)CN1. The van der Waals surface area contributed by atoms with E-state index in [1.165, 1.54) is 0 Å². The molecule has 1 aliphatic heterocycles. The van der Waals surface area contributed by atoms with Crippen LogP contribution in [-0.4, -0.2) is 52.0 Å². The molecule has 1 fully saturated rings. The maximum atomic E-state index is 10.4. The number of aliphatic hydroxyl groups excluding tert-OH is 1. The van der Waals surface area contributed by atoms with Gasteiger partial charge in [0.05, 0.1) is 6.10 Å². The maximum Gasteiger partial charge on any atom is 0.320 e. The van der Waals surface area contributed by atoms with Gasteiger partial charge in [0.2, 0.25) is 0 Å². The van der Waals surface area contributed by atoms with Crippen LogP contribution in [0.25, 0.3) is 0 Å². The van der Waals surface area contributed by atoms with E-state index >= 15 is 0 Å². The van der Waals surface area contributed by atoms with Gasteiger partial charge >= 0.3 is 11.9 Å². The molecule has 1 aromatic carbocycles. The number of halogens is 1. The summed E-state index contributed by atoms with van der Waals surface area (Å²) in [7, 11) is 0. The highest BCUT2D eigenvalue weighted by Gasteiger charge is 2.27. The molecule has 3 atom stereocenters. The lowest BCUT2D eigenvalue weighted by molar-refractivity contribution is -0.139. The quantitative estimate of drug-likeness (QED) is 0.528. The number of carbonyl (C=O) groups is 2. The van der Waals surface area contributed by atoms with Gasteiger partial charge in [-0.1, -0.05) is 23.7 Å². The molecule has 1 heterocycles. The minimum Gasteiger partial charge on any atom is -0.480 e. The van der Waals surface area contributed by atoms with Crippen molar-refractivity contribution in [2.24, 2.45) is 5.73 Å². The standard InChI is InChI=1S/C9H10ClNO2.C5H9NO3/c10-7-3-1-6(2-4-7)5-8(11)9(12)13;7-3-1-4(5(8)9)6-2-3/h1-4,8H,5,11H2,(H,12,13);3-4,6-7H,1-2H2,(H,8,9)/t8-;3-,4+/m01/s1. The Labute approximate surface area is 132 Å². The van der Waals surface area contributed by atoms with Crippen LogP contribution in [-0.2, 0) is 16.0 Å². The third-order valence-corrected chi connectivity index (χ3v) is 3.34. The van der Waals surface area contributed by atoms with Gasteiger partial charge in [0.25, 0.3) is 0 Å². The largest absolute Gasteiger partial charge is 0.480 e. The fraction of sp³-hybridized carbons (Fsp3) is 0.429. The van der Waals surface area contributed by atoms with Crippen LogP contribution in [0, 0.1) is 0 Å². The normalized spacial score (nSPS) is 21.6. The van der Waals surface area contributed by atoms with Crippen LogP contribution in [0.5, 0.6) is 0 Å². The van der Waals surface area contributed by atoms with Gasteiger partial charge in [-0.25, -0.2) is 0 Å². The topological polar surface area (TPSA) is 133 Å². The summed E-state index contributed by atoms with van der Waals surface area (Å²) >= 11 is 5.66. The van der Waals surface area contributed by atoms with Crippen LogP contribution >= 0.6 is 11.6 Å². The fourth-order valence-corrected chi connectivity index (χ4v) is 1.99. The number of aliphatic carboxylic acids is 2. The van der Waals surface area contributed by atoms with Gasteiger partial charge in [-0.05, 0) is 24.1 Å². The van der Waals surface area contributed by atoms with E-state index in [9.17, 15) is 9.59 Å². The molecule has 1 aromatic rings. The van der Waals surface area contributed by atoms with Crippen LogP contribution < -0.4 is 11.1 Å². The lowest BCUT2D eigenvalue weighted by atomic mass is 10.1. The molecule has 122 valence electrons. The van der Waals surface area contributed by atoms with Crippen molar-refractivity contribution in [3.63, 3.8) is 0 Å². The van der Waals surface area contributed by atoms with Crippen molar-refractivity contribution in [1.29, 1.82) is 0 Å². The molecule has 6 N–H and O–H groups in total. The Bertz CT molecular complexity index is 508. The second kappa shape index (κ2) is 8.70. The Balaban J connectivity index is 0.000000235. The number of hydrogen-bond acceptors (Lipinski definition) is 5. The van der Waals surface area contributed by atoms with Gasteiger partial charge in [0, 0.05) is 18.0 Å². The number of carboxylic acids is 2. The number of rotatable bonds is 4. The molecule has 2 rings (SSSR count). The van der Waals surface area contributed by atoms with E-state index in [1.54, 1.807) is 24.3 Å². The summed E-state index contributed by atoms with van der Waals surface area (Å²) < 4.78 is 0. The van der Waals surface area contributed by atoms with Crippen molar-refractivity contribution in [1.82, 2.24) is 5.32 Å². The summed E-state index contributed by atoms with van der Waals surface area (Å²) in [6.07, 6.45) is 0.174. The summed E-state index contributed by atoms with van der Waals surface area (Å²) in [5.74, 6) is -1.87. The molecule has 0 radical (unpaired) electrons. The molecule has 0 bridgehead atoms. The molecule has 0 aliphatic carbocycles. The molecule has 0 spiro atoms. The molecule has 7 nitrogen and oxygen atoms in total. The van der Waals surface area contributed by atoms with Crippen LogP contribution in [0.4, 0.5) is 0 Å². The van der Waals surface area contributed by atoms with Gasteiger partial charge in [0.15, 0.2) is 0 Å². The van der Waals surface area contributed by atoms with Crippen LogP contribution in [0.15, 0.2) is 24.3 Å². The highest BCUT2D eigenvalue weighted by molar-refractivity contribution is 6.30. The molecule has 0 saturated carbocycles. The van der Waals surface area contributed by atoms with E-state index in [2.05, 4.69) is 5.32 Å². The van der Waals surface area contributed by atoms with E-state index in [0.717, 1.165) is 5.56 Å². The van der Waals surface area contributed by atoms with Crippen molar-refractivity contribution in [2.75, 3.05) is 6.54 Å². The fourth-order valence-electron chi connectivity index (χ4n) is 1.87. The summed E-state index contributed by atoms with van der Waals surface area (Å²) in [6.45, 7) is 0.400. The van der Waals surface area contributed by atoms with Crippen LogP contribution in [0.2, 0.25) is 5.02 Å². The zero-order valence-corrected chi connectivity index (χ0v) is 12.5. The predicted octanol–water partition coefficient (Wildman–Crippen LogP) is 0.0882. The average Bonchev–Trinajstić information content (AvgIpc) is 2.89. The molecule has 0 amide bonds. The Morgan fingerprint density at radius 1 is 1.32 bits per heavy atom. The molecular weight excluding hydrogens is 312 g/mol. The highest BCUT2D eigenvalue weighted by Crippen LogP contribution is 2.10. The summed E-state index contributed by atoms with van der Waals surface area (Å²) in [5.41, 5.74) is 6.23. The number of benzene rings is 1. The van der Waals surface area contributed by atoms with E-state index < -0.39 is 30.1 Å². The Kier molecular flexibility index (Phi) is 7.26. The van der Waals surface area contributed by atoms with Crippen molar-refractivity contribution in [3.8, 4) is 0 Å². The molecule has 1 saturated heterocycles. The molecular formula is C14H19ClN2O5. The number of nitrogens with two attached hydrogens (primary N) is 1. The second-order valence-corrected chi connectivity index (χ2v) is 5.40. The van der Waals surface area contributed by atoms with Crippen molar-refractivity contribution >= 4 is 23.5 Å². The maximum absolute atomic E-state index is 10.4. The van der Waals surface area contributed by atoms with Crippen molar-refractivity contribution in [3.05, 3.63) is 34.9 Å². The Morgan fingerprint density at radius 2 is 1.91 bits per heavy atom. The summed E-state index contributed by atoms with van der Waals surface area (Å²) in [4.78, 5) is 20.6. The predicted molar refractivity (Wildman–Crippen MR) is 80.8 cm³/mol. The number of nitrogens with one attached hydrogen (secondary N) is 1. The average molecular weight is 331 g/mol. The van der Waals surface area contributed by atoms with E-state index in [1.807, 2.05) is 0 Å². The van der Waals surface area contributed by atoms with Crippen LogP contribution in [0.1, 0.15) is 12.0 Å². The van der Waals surface area contributed by atoms with Crippen molar-refractivity contribution in [2.45, 2.75) is 31.0 Å². The highest BCUT2D eigenvalue weighted by atomic mass is 35.5. The van der Waals surface area contributed by atoms with E-state index in [4.69, 9.17) is 32.7 Å². The summed E-state index contributed by atoms with van der Waals surface area (Å²) in [5, 5.41) is 29.0. The minimum absolute atomic E-state index is 0.326. The Morgan fingerprint density at radius 3 is 2.27 bits per heavy atom. The number of hydrogen-bond donors (Lipinski definition) is 5. The molecule has 1 aliphatic rings. The van der Waals surface area contributed by atoms with Gasteiger partial charge < -0.3 is 26.4 Å². The van der Waals surface area contributed by atoms with Crippen LogP contribution in [0.3, 0.4) is 0 Å². The van der Waals surface area contributed by atoms with Gasteiger partial charge in [-0.2, -0.15) is 0 Å². The third-order valence-electron chi connectivity index (χ3n) is 3.09. The number of aliphatic hydroxyl groups is 1. The smallest absolute Gasteiger partial charge is 0.320 e. The Hall–Kier alpha value is -1.67. The first-order valence-corrected chi connectivity index (χ1v) is 7.04. The zero-order valence-electron chi connectivity index (χ0n) is 11.8. The first kappa shape index (κ1) is 18.4. The molecule has 0 aromatic heterocycles. The molecule has 0 unspecified atom stereocenters. The lowest BCUT2D eigenvalue weighted by Gasteiger charge is -2.05. The van der Waals surface area contributed by atoms with Gasteiger partial charge in [-0.3, -0.25) is 9.59 Å². The third kappa shape index (κ3) is 6.40. The second-order valence-electron chi connectivity index (χ2n) is 4.96. The van der Waals surface area contributed by atoms with Crippen molar-refractivity contribution < 1.29 is 24.9 Å². The first-order valence-electron chi connectivity index (χ1n) is 6.66.